The lowest BCUT2D eigenvalue weighted by atomic mass is 10.2. The summed E-state index contributed by atoms with van der Waals surface area (Å²) in [5, 5.41) is 2.94. The number of carbonyl (C=O) groups is 1. The van der Waals surface area contributed by atoms with E-state index >= 15 is 0 Å². The highest BCUT2D eigenvalue weighted by Gasteiger charge is 2.10. The van der Waals surface area contributed by atoms with Gasteiger partial charge in [0.2, 0.25) is 5.91 Å². The van der Waals surface area contributed by atoms with E-state index in [9.17, 15) is 9.18 Å². The predicted octanol–water partition coefficient (Wildman–Crippen LogP) is 3.21. The second-order valence-corrected chi connectivity index (χ2v) is 7.15. The molecular formula is C20H23FN2O2S. The summed E-state index contributed by atoms with van der Waals surface area (Å²) < 4.78 is 18.2. The third kappa shape index (κ3) is 5.75. The molecule has 6 heteroatoms. The molecule has 0 atom stereocenters. The van der Waals surface area contributed by atoms with Crippen molar-refractivity contribution in [2.24, 2.45) is 0 Å². The lowest BCUT2D eigenvalue weighted by Crippen LogP contribution is -2.36. The van der Waals surface area contributed by atoms with Crippen molar-refractivity contribution in [1.82, 2.24) is 5.32 Å². The summed E-state index contributed by atoms with van der Waals surface area (Å²) >= 11 is 1.52. The normalized spacial score (nSPS) is 14.3. The van der Waals surface area contributed by atoms with Crippen LogP contribution in [0.25, 0.3) is 0 Å². The van der Waals surface area contributed by atoms with E-state index in [0.717, 1.165) is 37.4 Å². The summed E-state index contributed by atoms with van der Waals surface area (Å²) in [5.41, 5.74) is 3.29. The first kappa shape index (κ1) is 18.7. The highest BCUT2D eigenvalue weighted by atomic mass is 32.2. The highest BCUT2D eigenvalue weighted by Crippen LogP contribution is 2.17. The van der Waals surface area contributed by atoms with Crippen molar-refractivity contribution in [2.75, 3.05) is 37.0 Å². The minimum Gasteiger partial charge on any atom is -0.378 e. The van der Waals surface area contributed by atoms with Crippen molar-refractivity contribution in [3.8, 4) is 0 Å². The molecule has 0 radical (unpaired) electrons. The van der Waals surface area contributed by atoms with Gasteiger partial charge in [0.1, 0.15) is 5.82 Å². The van der Waals surface area contributed by atoms with Gasteiger partial charge in [0.25, 0.3) is 0 Å². The Kier molecular flexibility index (Phi) is 6.91. The molecule has 0 spiro atoms. The van der Waals surface area contributed by atoms with Crippen molar-refractivity contribution in [3.05, 3.63) is 65.5 Å². The Bertz CT molecular complexity index is 701. The lowest BCUT2D eigenvalue weighted by Gasteiger charge is -2.28. The molecule has 0 unspecified atom stereocenters. The molecule has 138 valence electrons. The molecule has 2 aromatic rings. The number of hydrogen-bond donors (Lipinski definition) is 1. The Labute approximate surface area is 157 Å². The summed E-state index contributed by atoms with van der Waals surface area (Å²) in [6.07, 6.45) is 0. The first-order valence-electron chi connectivity index (χ1n) is 8.71. The van der Waals surface area contributed by atoms with Gasteiger partial charge in [-0.05, 0) is 35.4 Å². The number of thioether (sulfide) groups is 1. The largest absolute Gasteiger partial charge is 0.378 e. The van der Waals surface area contributed by atoms with E-state index in [1.54, 1.807) is 12.1 Å². The van der Waals surface area contributed by atoms with Crippen molar-refractivity contribution < 1.29 is 13.9 Å². The molecule has 1 amide bonds. The molecule has 1 aliphatic heterocycles. The molecule has 26 heavy (non-hydrogen) atoms. The Hall–Kier alpha value is -2.05. The van der Waals surface area contributed by atoms with Crippen LogP contribution in [-0.2, 0) is 21.8 Å². The van der Waals surface area contributed by atoms with Gasteiger partial charge < -0.3 is 15.0 Å². The first-order valence-corrected chi connectivity index (χ1v) is 9.87. The van der Waals surface area contributed by atoms with Crippen LogP contribution in [0.2, 0.25) is 0 Å². The number of anilines is 1. The molecular weight excluding hydrogens is 351 g/mol. The van der Waals surface area contributed by atoms with Gasteiger partial charge in [-0.2, -0.15) is 0 Å². The molecule has 3 rings (SSSR count). The molecule has 1 aliphatic rings. The number of ether oxygens (including phenoxy) is 1. The number of morpholine rings is 1. The number of hydrogen-bond acceptors (Lipinski definition) is 4. The van der Waals surface area contributed by atoms with Crippen LogP contribution in [0.1, 0.15) is 11.1 Å². The van der Waals surface area contributed by atoms with Crippen LogP contribution in [0.5, 0.6) is 0 Å². The van der Waals surface area contributed by atoms with Gasteiger partial charge >= 0.3 is 0 Å². The molecule has 0 aliphatic carbocycles. The quantitative estimate of drug-likeness (QED) is 0.808. The van der Waals surface area contributed by atoms with Crippen molar-refractivity contribution in [2.45, 2.75) is 12.3 Å². The fourth-order valence-electron chi connectivity index (χ4n) is 2.74. The molecule has 1 heterocycles. The molecule has 1 N–H and O–H groups in total. The number of halogens is 1. The number of nitrogens with one attached hydrogen (secondary N) is 1. The van der Waals surface area contributed by atoms with E-state index in [1.807, 2.05) is 0 Å². The smallest absolute Gasteiger partial charge is 0.230 e. The minimum atomic E-state index is -0.240. The maximum atomic E-state index is 12.9. The lowest BCUT2D eigenvalue weighted by molar-refractivity contribution is -0.118. The van der Waals surface area contributed by atoms with Gasteiger partial charge in [-0.3, -0.25) is 4.79 Å². The minimum absolute atomic E-state index is 0.00867. The van der Waals surface area contributed by atoms with Crippen molar-refractivity contribution >= 4 is 23.4 Å². The number of amides is 1. The third-order valence-electron chi connectivity index (χ3n) is 4.22. The maximum absolute atomic E-state index is 12.9. The summed E-state index contributed by atoms with van der Waals surface area (Å²) in [5.74, 6) is 0.857. The Morgan fingerprint density at radius 2 is 1.69 bits per heavy atom. The van der Waals surface area contributed by atoms with Crippen LogP contribution in [0, 0.1) is 5.82 Å². The van der Waals surface area contributed by atoms with E-state index < -0.39 is 0 Å². The molecule has 0 bridgehead atoms. The SMILES string of the molecule is O=C(CSCc1ccc(F)cc1)NCc1ccc(N2CCOCC2)cc1. The van der Waals surface area contributed by atoms with Gasteiger partial charge in [0.05, 0.1) is 19.0 Å². The zero-order valence-electron chi connectivity index (χ0n) is 14.6. The zero-order chi connectivity index (χ0) is 18.2. The van der Waals surface area contributed by atoms with Gasteiger partial charge in [-0.1, -0.05) is 24.3 Å². The second-order valence-electron chi connectivity index (χ2n) is 6.16. The fourth-order valence-corrected chi connectivity index (χ4v) is 3.56. The molecule has 0 saturated carbocycles. The predicted molar refractivity (Wildman–Crippen MR) is 104 cm³/mol. The summed E-state index contributed by atoms with van der Waals surface area (Å²) in [7, 11) is 0. The van der Waals surface area contributed by atoms with E-state index in [1.165, 1.54) is 29.6 Å². The third-order valence-corrected chi connectivity index (χ3v) is 5.22. The van der Waals surface area contributed by atoms with Gasteiger partial charge in [0, 0.05) is 31.1 Å². The molecule has 1 saturated heterocycles. The molecule has 2 aromatic carbocycles. The van der Waals surface area contributed by atoms with E-state index in [0.29, 0.717) is 18.1 Å². The van der Waals surface area contributed by atoms with Crippen LogP contribution in [0.4, 0.5) is 10.1 Å². The van der Waals surface area contributed by atoms with E-state index in [4.69, 9.17) is 4.74 Å². The van der Waals surface area contributed by atoms with Crippen LogP contribution < -0.4 is 10.2 Å². The zero-order valence-corrected chi connectivity index (χ0v) is 15.4. The van der Waals surface area contributed by atoms with Gasteiger partial charge in [-0.15, -0.1) is 11.8 Å². The van der Waals surface area contributed by atoms with Gasteiger partial charge in [-0.25, -0.2) is 4.39 Å². The van der Waals surface area contributed by atoms with E-state index in [2.05, 4.69) is 34.5 Å². The Morgan fingerprint density at radius 1 is 1.04 bits per heavy atom. The van der Waals surface area contributed by atoms with E-state index in [-0.39, 0.29) is 11.7 Å². The number of rotatable bonds is 7. The highest BCUT2D eigenvalue weighted by molar-refractivity contribution is 7.99. The van der Waals surface area contributed by atoms with Crippen LogP contribution in [0.15, 0.2) is 48.5 Å². The summed E-state index contributed by atoms with van der Waals surface area (Å²) in [4.78, 5) is 14.3. The number of carbonyl (C=O) groups excluding carboxylic acids is 1. The van der Waals surface area contributed by atoms with Crippen molar-refractivity contribution in [1.29, 1.82) is 0 Å². The maximum Gasteiger partial charge on any atom is 0.230 e. The standard InChI is InChI=1S/C20H23FN2O2S/c21-18-5-1-17(2-6-18)14-26-15-20(24)22-13-16-3-7-19(8-4-16)23-9-11-25-12-10-23/h1-8H,9-15H2,(H,22,24). The van der Waals surface area contributed by atoms with Crippen LogP contribution >= 0.6 is 11.8 Å². The number of nitrogens with zero attached hydrogens (tertiary/aromatic N) is 1. The topological polar surface area (TPSA) is 41.6 Å². The summed E-state index contributed by atoms with van der Waals surface area (Å²) in [6, 6.07) is 14.7. The molecule has 0 aromatic heterocycles. The summed E-state index contributed by atoms with van der Waals surface area (Å²) in [6.45, 7) is 3.91. The second kappa shape index (κ2) is 9.59. The molecule has 1 fully saturated rings. The Balaban J connectivity index is 1.37. The van der Waals surface area contributed by atoms with Crippen LogP contribution in [0.3, 0.4) is 0 Å². The van der Waals surface area contributed by atoms with Crippen LogP contribution in [-0.4, -0.2) is 38.0 Å². The first-order chi connectivity index (χ1) is 12.7. The Morgan fingerprint density at radius 3 is 2.38 bits per heavy atom. The van der Waals surface area contributed by atoms with Gasteiger partial charge in [0.15, 0.2) is 0 Å². The average Bonchev–Trinajstić information content (AvgIpc) is 2.69. The fraction of sp³-hybridized carbons (Fsp3) is 0.350. The average molecular weight is 374 g/mol. The monoisotopic (exact) mass is 374 g/mol. The number of benzene rings is 2. The van der Waals surface area contributed by atoms with Crippen molar-refractivity contribution in [3.63, 3.8) is 0 Å². The molecule has 4 nitrogen and oxygen atoms in total.